The van der Waals surface area contributed by atoms with Crippen molar-refractivity contribution in [1.29, 1.82) is 0 Å². The Balaban J connectivity index is 0.00000320. The largest absolute Gasteiger partial charge is 1.00 e. The van der Waals surface area contributed by atoms with E-state index in [0.29, 0.717) is 17.0 Å². The smallest absolute Gasteiger partial charge is 0.348 e. The predicted octanol–water partition coefficient (Wildman–Crippen LogP) is 1.72. The summed E-state index contributed by atoms with van der Waals surface area (Å²) >= 11 is 0. The van der Waals surface area contributed by atoms with Crippen LogP contribution >= 0.6 is 0 Å². The molecule has 196 valence electrons. The van der Waals surface area contributed by atoms with Gasteiger partial charge < -0.3 is 36.0 Å². The minimum atomic E-state index is -1.83. The van der Waals surface area contributed by atoms with Crippen molar-refractivity contribution < 1.29 is 40.8 Å². The quantitative estimate of drug-likeness (QED) is 0.317. The van der Waals surface area contributed by atoms with Crippen LogP contribution in [0.1, 0.15) is 36.0 Å². The molecule has 3 aromatic rings. The normalized spacial score (nSPS) is 22.6. The van der Waals surface area contributed by atoms with Crippen LogP contribution in [-0.2, 0) is 21.6 Å². The summed E-state index contributed by atoms with van der Waals surface area (Å²) in [5.41, 5.74) is 0.560. The van der Waals surface area contributed by atoms with Gasteiger partial charge in [0.1, 0.15) is 12.3 Å². The first kappa shape index (κ1) is 27.4. The molecule has 2 bridgehead atoms. The molecule has 6 heteroatoms. The highest BCUT2D eigenvalue weighted by Gasteiger charge is 2.50. The number of methoxy groups -OCH3 is 1. The van der Waals surface area contributed by atoms with E-state index >= 15 is 0 Å². The SMILES string of the molecule is COc1ccc(CCC[N+]23CCC(CC2)C(OC(=O)C(O)(c2ccccc2)c2ccccc2)C3)cc1.[Br-]. The molecule has 0 amide bonds. The Morgan fingerprint density at radius 3 is 2.03 bits per heavy atom. The van der Waals surface area contributed by atoms with Crippen LogP contribution in [0.25, 0.3) is 0 Å². The van der Waals surface area contributed by atoms with E-state index in [0.717, 1.165) is 62.1 Å². The number of fused-ring (bicyclic) bond motifs is 3. The zero-order valence-electron chi connectivity index (χ0n) is 21.4. The topological polar surface area (TPSA) is 55.8 Å². The van der Waals surface area contributed by atoms with E-state index in [2.05, 4.69) is 12.1 Å². The van der Waals surface area contributed by atoms with Crippen molar-refractivity contribution in [2.24, 2.45) is 5.92 Å². The molecule has 37 heavy (non-hydrogen) atoms. The van der Waals surface area contributed by atoms with Crippen LogP contribution in [-0.4, -0.2) is 55.0 Å². The molecule has 1 atom stereocenters. The van der Waals surface area contributed by atoms with Gasteiger partial charge in [0.15, 0.2) is 6.10 Å². The fourth-order valence-electron chi connectivity index (χ4n) is 6.06. The molecule has 1 N–H and O–H groups in total. The van der Waals surface area contributed by atoms with Crippen LogP contribution in [0.4, 0.5) is 0 Å². The fourth-order valence-corrected chi connectivity index (χ4v) is 6.06. The van der Waals surface area contributed by atoms with Crippen LogP contribution in [0.5, 0.6) is 5.75 Å². The number of ether oxygens (including phenoxy) is 2. The number of aryl methyl sites for hydroxylation is 1. The zero-order valence-corrected chi connectivity index (χ0v) is 23.0. The second kappa shape index (κ2) is 11.8. The van der Waals surface area contributed by atoms with Crippen molar-refractivity contribution in [1.82, 2.24) is 0 Å². The molecule has 1 unspecified atom stereocenters. The predicted molar refractivity (Wildman–Crippen MR) is 140 cm³/mol. The van der Waals surface area contributed by atoms with Crippen molar-refractivity contribution >= 4 is 5.97 Å². The van der Waals surface area contributed by atoms with Gasteiger partial charge in [0, 0.05) is 25.2 Å². The Morgan fingerprint density at radius 1 is 0.919 bits per heavy atom. The van der Waals surface area contributed by atoms with Gasteiger partial charge in [-0.05, 0) is 35.2 Å². The third-order valence-electron chi connectivity index (χ3n) is 8.24. The molecule has 5 nitrogen and oxygen atoms in total. The number of carbonyl (C=O) groups is 1. The number of hydrogen-bond acceptors (Lipinski definition) is 4. The molecule has 3 aliphatic heterocycles. The van der Waals surface area contributed by atoms with Crippen LogP contribution in [0.15, 0.2) is 84.9 Å². The van der Waals surface area contributed by atoms with Gasteiger partial charge in [0.2, 0.25) is 5.60 Å². The van der Waals surface area contributed by atoms with E-state index in [1.807, 2.05) is 48.5 Å². The second-order valence-corrected chi connectivity index (χ2v) is 10.4. The van der Waals surface area contributed by atoms with Gasteiger partial charge in [0.05, 0.1) is 26.7 Å². The van der Waals surface area contributed by atoms with Gasteiger partial charge in [-0.3, -0.25) is 0 Å². The lowest BCUT2D eigenvalue weighted by Gasteiger charge is -2.52. The van der Waals surface area contributed by atoms with E-state index in [1.165, 1.54) is 5.56 Å². The highest BCUT2D eigenvalue weighted by Crippen LogP contribution is 2.38. The molecule has 3 saturated heterocycles. The Hall–Kier alpha value is -2.67. The number of piperidine rings is 3. The number of rotatable bonds is 9. The molecular weight excluding hydrogens is 530 g/mol. The summed E-state index contributed by atoms with van der Waals surface area (Å²) in [7, 11) is 1.69. The first-order valence-electron chi connectivity index (χ1n) is 13.0. The Kier molecular flexibility index (Phi) is 8.73. The second-order valence-electron chi connectivity index (χ2n) is 10.4. The Bertz CT molecular complexity index is 1110. The van der Waals surface area contributed by atoms with Gasteiger partial charge >= 0.3 is 5.97 Å². The first-order valence-corrected chi connectivity index (χ1v) is 13.0. The summed E-state index contributed by atoms with van der Waals surface area (Å²) in [5.74, 6) is 0.677. The average Bonchev–Trinajstić information content (AvgIpc) is 2.94. The minimum Gasteiger partial charge on any atom is -1.00 e. The molecule has 0 saturated carbocycles. The molecule has 3 aliphatic rings. The van der Waals surface area contributed by atoms with Crippen LogP contribution in [0.3, 0.4) is 0 Å². The molecule has 6 rings (SSSR count). The summed E-state index contributed by atoms with van der Waals surface area (Å²) in [4.78, 5) is 13.7. The highest BCUT2D eigenvalue weighted by molar-refractivity contribution is 5.85. The van der Waals surface area contributed by atoms with Crippen LogP contribution < -0.4 is 21.7 Å². The van der Waals surface area contributed by atoms with Crippen LogP contribution in [0.2, 0.25) is 0 Å². The zero-order chi connectivity index (χ0) is 25.0. The molecule has 0 aliphatic carbocycles. The molecule has 3 aromatic carbocycles. The lowest BCUT2D eigenvalue weighted by molar-refractivity contribution is -0.946. The number of hydrogen-bond donors (Lipinski definition) is 1. The van der Waals surface area contributed by atoms with Gasteiger partial charge in [-0.1, -0.05) is 72.8 Å². The number of benzene rings is 3. The Morgan fingerprint density at radius 2 is 1.49 bits per heavy atom. The van der Waals surface area contributed by atoms with Crippen LogP contribution in [0, 0.1) is 5.92 Å². The van der Waals surface area contributed by atoms with E-state index < -0.39 is 11.6 Å². The minimum absolute atomic E-state index is 0. The molecule has 0 spiro atoms. The van der Waals surface area contributed by atoms with Crippen molar-refractivity contribution in [2.45, 2.75) is 37.4 Å². The number of nitrogens with zero attached hydrogens (tertiary/aromatic N) is 1. The van der Waals surface area contributed by atoms with Crippen molar-refractivity contribution in [3.8, 4) is 5.75 Å². The maximum absolute atomic E-state index is 13.7. The number of esters is 1. The van der Waals surface area contributed by atoms with Crippen molar-refractivity contribution in [3.05, 3.63) is 102 Å². The van der Waals surface area contributed by atoms with E-state index in [-0.39, 0.29) is 23.1 Å². The van der Waals surface area contributed by atoms with Gasteiger partial charge in [-0.25, -0.2) is 4.79 Å². The lowest BCUT2D eigenvalue weighted by Crippen LogP contribution is -3.00. The monoisotopic (exact) mass is 565 g/mol. The number of aliphatic hydroxyl groups is 1. The number of carbonyl (C=O) groups excluding carboxylic acids is 1. The van der Waals surface area contributed by atoms with Crippen molar-refractivity contribution in [2.75, 3.05) is 33.3 Å². The summed E-state index contributed by atoms with van der Waals surface area (Å²) in [6.07, 6.45) is 4.08. The first-order chi connectivity index (χ1) is 17.5. The average molecular weight is 567 g/mol. The van der Waals surface area contributed by atoms with Crippen molar-refractivity contribution in [3.63, 3.8) is 0 Å². The van der Waals surface area contributed by atoms with E-state index in [1.54, 1.807) is 31.4 Å². The third-order valence-corrected chi connectivity index (χ3v) is 8.24. The van der Waals surface area contributed by atoms with Gasteiger partial charge in [0.25, 0.3) is 0 Å². The summed E-state index contributed by atoms with van der Waals surface area (Å²) in [6.45, 7) is 4.19. The maximum Gasteiger partial charge on any atom is 0.348 e. The summed E-state index contributed by atoms with van der Waals surface area (Å²) in [6, 6.07) is 26.6. The fraction of sp³-hybridized carbons (Fsp3) is 0.387. The Labute approximate surface area is 230 Å². The van der Waals surface area contributed by atoms with E-state index in [9.17, 15) is 9.90 Å². The van der Waals surface area contributed by atoms with Gasteiger partial charge in [-0.15, -0.1) is 0 Å². The highest BCUT2D eigenvalue weighted by atomic mass is 79.9. The molecule has 0 aromatic heterocycles. The van der Waals surface area contributed by atoms with E-state index in [4.69, 9.17) is 9.47 Å². The molecule has 0 radical (unpaired) electrons. The summed E-state index contributed by atoms with van der Waals surface area (Å²) in [5, 5.41) is 11.8. The third kappa shape index (κ3) is 5.77. The van der Waals surface area contributed by atoms with Gasteiger partial charge in [-0.2, -0.15) is 0 Å². The lowest BCUT2D eigenvalue weighted by atomic mass is 9.82. The molecule has 3 fully saturated rings. The number of halogens is 1. The number of quaternary nitrogens is 1. The maximum atomic E-state index is 13.7. The summed E-state index contributed by atoms with van der Waals surface area (Å²) < 4.78 is 12.5. The standard InChI is InChI=1S/C31H36NO4.BrH/c1-35-28-16-14-24(15-17-28)9-8-20-32-21-18-25(19-22-32)29(23-32)36-30(33)31(34,26-10-4-2-5-11-26)27-12-6-3-7-13-27;/h2-7,10-17,25,29,34H,8-9,18-23H2,1H3;1H/q+1;/p-1. The molecule has 3 heterocycles. The molecular formula is C31H36BrNO4.